The summed E-state index contributed by atoms with van der Waals surface area (Å²) in [6.45, 7) is 5.67. The van der Waals surface area contributed by atoms with Crippen LogP contribution in [0.5, 0.6) is 0 Å². The molecule has 3 heteroatoms. The zero-order chi connectivity index (χ0) is 12.3. The number of carboxylic acid groups (broad SMARTS) is 1. The van der Waals surface area contributed by atoms with Gasteiger partial charge < -0.3 is 5.11 Å². The van der Waals surface area contributed by atoms with Crippen LogP contribution in [0.25, 0.3) is 0 Å². The third-order valence-corrected chi connectivity index (χ3v) is 2.67. The molecule has 0 saturated heterocycles. The van der Waals surface area contributed by atoms with E-state index in [-0.39, 0.29) is 11.7 Å². The van der Waals surface area contributed by atoms with Gasteiger partial charge >= 0.3 is 5.97 Å². The Balaban J connectivity index is 3.01. The summed E-state index contributed by atoms with van der Waals surface area (Å²) in [4.78, 5) is 10.8. The number of carboxylic acids is 1. The predicted molar refractivity (Wildman–Crippen MR) is 61.0 cm³/mol. The molecule has 0 radical (unpaired) electrons. The molecule has 0 fully saturated rings. The topological polar surface area (TPSA) is 37.3 Å². The van der Waals surface area contributed by atoms with Gasteiger partial charge in [0.05, 0.1) is 5.92 Å². The molecule has 0 spiro atoms. The Hall–Kier alpha value is -1.38. The SMILES string of the molecule is CC(Cc1cc(F)ccc1C(C)C)C(=O)O. The molecule has 1 unspecified atom stereocenters. The summed E-state index contributed by atoms with van der Waals surface area (Å²) in [6, 6.07) is 4.60. The molecule has 0 amide bonds. The first-order valence-electron chi connectivity index (χ1n) is 5.43. The second-order valence-corrected chi connectivity index (χ2v) is 4.44. The van der Waals surface area contributed by atoms with Crippen molar-refractivity contribution in [1.82, 2.24) is 0 Å². The fourth-order valence-electron chi connectivity index (χ4n) is 1.73. The van der Waals surface area contributed by atoms with Gasteiger partial charge in [0.2, 0.25) is 0 Å². The molecule has 2 nitrogen and oxygen atoms in total. The van der Waals surface area contributed by atoms with Crippen LogP contribution in [0.15, 0.2) is 18.2 Å². The van der Waals surface area contributed by atoms with Crippen molar-refractivity contribution in [3.63, 3.8) is 0 Å². The molecule has 88 valence electrons. The molecular formula is C13H17FO2. The van der Waals surface area contributed by atoms with Gasteiger partial charge in [-0.1, -0.05) is 26.8 Å². The Morgan fingerprint density at radius 1 is 1.38 bits per heavy atom. The molecule has 0 bridgehead atoms. The Morgan fingerprint density at radius 2 is 2.00 bits per heavy atom. The second kappa shape index (κ2) is 5.10. The quantitative estimate of drug-likeness (QED) is 0.852. The maximum Gasteiger partial charge on any atom is 0.306 e. The third kappa shape index (κ3) is 3.05. The first-order valence-corrected chi connectivity index (χ1v) is 5.43. The summed E-state index contributed by atoms with van der Waals surface area (Å²) in [6.07, 6.45) is 0.376. The summed E-state index contributed by atoms with van der Waals surface area (Å²) in [5.74, 6) is -1.37. The Kier molecular flexibility index (Phi) is 4.05. The van der Waals surface area contributed by atoms with Gasteiger partial charge in [-0.15, -0.1) is 0 Å². The molecule has 0 aliphatic carbocycles. The van der Waals surface area contributed by atoms with Crippen molar-refractivity contribution in [2.45, 2.75) is 33.1 Å². The average molecular weight is 224 g/mol. The minimum Gasteiger partial charge on any atom is -0.481 e. The van der Waals surface area contributed by atoms with E-state index in [4.69, 9.17) is 5.11 Å². The fraction of sp³-hybridized carbons (Fsp3) is 0.462. The van der Waals surface area contributed by atoms with Crippen LogP contribution in [0.3, 0.4) is 0 Å². The van der Waals surface area contributed by atoms with Crippen LogP contribution in [-0.4, -0.2) is 11.1 Å². The predicted octanol–water partition coefficient (Wildman–Crippen LogP) is 3.21. The molecule has 1 aromatic rings. The van der Waals surface area contributed by atoms with Crippen molar-refractivity contribution >= 4 is 5.97 Å². The van der Waals surface area contributed by atoms with E-state index in [0.29, 0.717) is 6.42 Å². The lowest BCUT2D eigenvalue weighted by Gasteiger charge is -2.14. The van der Waals surface area contributed by atoms with Crippen molar-refractivity contribution in [3.05, 3.63) is 35.1 Å². The highest BCUT2D eigenvalue weighted by Gasteiger charge is 2.15. The molecule has 1 aromatic carbocycles. The van der Waals surface area contributed by atoms with Crippen LogP contribution in [0, 0.1) is 11.7 Å². The number of hydrogen-bond donors (Lipinski definition) is 1. The van der Waals surface area contributed by atoms with Crippen LogP contribution < -0.4 is 0 Å². The number of carbonyl (C=O) groups is 1. The molecule has 1 N–H and O–H groups in total. The maximum atomic E-state index is 13.1. The van der Waals surface area contributed by atoms with Gasteiger partial charge in [0.1, 0.15) is 5.82 Å². The van der Waals surface area contributed by atoms with Crippen molar-refractivity contribution < 1.29 is 14.3 Å². The van der Waals surface area contributed by atoms with E-state index in [1.54, 1.807) is 13.0 Å². The van der Waals surface area contributed by atoms with Crippen molar-refractivity contribution in [2.24, 2.45) is 5.92 Å². The molecular weight excluding hydrogens is 207 g/mol. The lowest BCUT2D eigenvalue weighted by atomic mass is 9.91. The number of halogens is 1. The molecule has 0 aliphatic rings. The lowest BCUT2D eigenvalue weighted by Crippen LogP contribution is -2.13. The van der Waals surface area contributed by atoms with Crippen molar-refractivity contribution in [2.75, 3.05) is 0 Å². The first kappa shape index (κ1) is 12.7. The summed E-state index contributed by atoms with van der Waals surface area (Å²) in [5.41, 5.74) is 1.82. The molecule has 0 heterocycles. The van der Waals surface area contributed by atoms with Crippen LogP contribution >= 0.6 is 0 Å². The van der Waals surface area contributed by atoms with Gasteiger partial charge in [-0.2, -0.15) is 0 Å². The van der Waals surface area contributed by atoms with Crippen molar-refractivity contribution in [1.29, 1.82) is 0 Å². The number of hydrogen-bond acceptors (Lipinski definition) is 1. The van der Waals surface area contributed by atoms with Crippen LogP contribution in [0.1, 0.15) is 37.8 Å². The van der Waals surface area contributed by atoms with E-state index in [1.807, 2.05) is 13.8 Å². The maximum absolute atomic E-state index is 13.1. The summed E-state index contributed by atoms with van der Waals surface area (Å²) >= 11 is 0. The standard InChI is InChI=1S/C13H17FO2/c1-8(2)12-5-4-11(14)7-10(12)6-9(3)13(15)16/h4-5,7-9H,6H2,1-3H3,(H,15,16). The molecule has 0 aliphatic heterocycles. The Morgan fingerprint density at radius 3 is 2.50 bits per heavy atom. The zero-order valence-corrected chi connectivity index (χ0v) is 9.83. The molecule has 0 saturated carbocycles. The monoisotopic (exact) mass is 224 g/mol. The fourth-order valence-corrected chi connectivity index (χ4v) is 1.73. The van der Waals surface area contributed by atoms with Gasteiger partial charge in [-0.25, -0.2) is 4.39 Å². The van der Waals surface area contributed by atoms with Gasteiger partial charge in [-0.05, 0) is 35.6 Å². The lowest BCUT2D eigenvalue weighted by molar-refractivity contribution is -0.141. The van der Waals surface area contributed by atoms with E-state index in [2.05, 4.69) is 0 Å². The van der Waals surface area contributed by atoms with Crippen molar-refractivity contribution in [3.8, 4) is 0 Å². The zero-order valence-electron chi connectivity index (χ0n) is 9.83. The normalized spacial score (nSPS) is 12.8. The van der Waals surface area contributed by atoms with E-state index in [9.17, 15) is 9.18 Å². The molecule has 0 aromatic heterocycles. The van der Waals surface area contributed by atoms with E-state index < -0.39 is 11.9 Å². The smallest absolute Gasteiger partial charge is 0.306 e. The minimum absolute atomic E-state index is 0.275. The minimum atomic E-state index is -0.848. The Bertz CT molecular complexity index is 386. The number of rotatable bonds is 4. The van der Waals surface area contributed by atoms with E-state index >= 15 is 0 Å². The highest BCUT2D eigenvalue weighted by atomic mass is 19.1. The third-order valence-electron chi connectivity index (χ3n) is 2.67. The van der Waals surface area contributed by atoms with Crippen LogP contribution in [-0.2, 0) is 11.2 Å². The molecule has 1 rings (SSSR count). The van der Waals surface area contributed by atoms with Crippen LogP contribution in [0.2, 0.25) is 0 Å². The first-order chi connectivity index (χ1) is 7.41. The number of benzene rings is 1. The Labute approximate surface area is 95.1 Å². The van der Waals surface area contributed by atoms with Crippen LogP contribution in [0.4, 0.5) is 4.39 Å². The largest absolute Gasteiger partial charge is 0.481 e. The summed E-state index contributed by atoms with van der Waals surface area (Å²) in [7, 11) is 0. The summed E-state index contributed by atoms with van der Waals surface area (Å²) < 4.78 is 13.1. The second-order valence-electron chi connectivity index (χ2n) is 4.44. The highest BCUT2D eigenvalue weighted by molar-refractivity contribution is 5.70. The van der Waals surface area contributed by atoms with Gasteiger partial charge in [0.25, 0.3) is 0 Å². The average Bonchev–Trinajstić information content (AvgIpc) is 2.16. The van der Waals surface area contributed by atoms with Gasteiger partial charge in [0.15, 0.2) is 0 Å². The highest BCUT2D eigenvalue weighted by Crippen LogP contribution is 2.23. The summed E-state index contributed by atoms with van der Waals surface area (Å²) in [5, 5.41) is 8.85. The molecule has 16 heavy (non-hydrogen) atoms. The number of aliphatic carboxylic acids is 1. The molecule has 1 atom stereocenters. The van der Waals surface area contributed by atoms with Gasteiger partial charge in [-0.3, -0.25) is 4.79 Å². The van der Waals surface area contributed by atoms with Gasteiger partial charge in [0, 0.05) is 0 Å². The van der Waals surface area contributed by atoms with E-state index in [1.165, 1.54) is 12.1 Å². The van der Waals surface area contributed by atoms with E-state index in [0.717, 1.165) is 11.1 Å².